The van der Waals surface area contributed by atoms with Crippen LogP contribution in [0.15, 0.2) is 47.4 Å². The van der Waals surface area contributed by atoms with E-state index in [1.54, 1.807) is 36.4 Å². The van der Waals surface area contributed by atoms with Crippen molar-refractivity contribution < 1.29 is 18.3 Å². The summed E-state index contributed by atoms with van der Waals surface area (Å²) in [5, 5.41) is 12.7. The first-order valence-corrected chi connectivity index (χ1v) is 12.6. The fourth-order valence-corrected chi connectivity index (χ4v) is 5.73. The maximum atomic E-state index is 11.8. The molecule has 1 heterocycles. The second kappa shape index (κ2) is 7.92. The summed E-state index contributed by atoms with van der Waals surface area (Å²) in [7, 11) is -3.27. The van der Waals surface area contributed by atoms with Crippen LogP contribution >= 0.6 is 0 Å². The van der Waals surface area contributed by atoms with Crippen molar-refractivity contribution in [2.24, 2.45) is 11.3 Å². The van der Waals surface area contributed by atoms with Gasteiger partial charge in [0, 0.05) is 18.0 Å². The van der Waals surface area contributed by atoms with Crippen molar-refractivity contribution in [3.8, 4) is 0 Å². The highest BCUT2D eigenvalue weighted by molar-refractivity contribution is 7.90. The van der Waals surface area contributed by atoms with Crippen LogP contribution in [0.2, 0.25) is 0 Å². The van der Waals surface area contributed by atoms with Crippen LogP contribution in [0.25, 0.3) is 11.0 Å². The number of hydrogen-bond acceptors (Lipinski definition) is 5. The van der Waals surface area contributed by atoms with E-state index in [4.69, 9.17) is 4.98 Å². The monoisotopic (exact) mass is 455 g/mol. The predicted octanol–water partition coefficient (Wildman–Crippen LogP) is 5.27. The normalized spacial score (nSPS) is 20.9. The zero-order chi connectivity index (χ0) is 23.3. The Kier molecular flexibility index (Phi) is 5.53. The van der Waals surface area contributed by atoms with Crippen molar-refractivity contribution in [2.45, 2.75) is 51.0 Å². The average molecular weight is 456 g/mol. The molecule has 4 rings (SSSR count). The third-order valence-electron chi connectivity index (χ3n) is 6.20. The second-order valence-corrected chi connectivity index (χ2v) is 11.8. The van der Waals surface area contributed by atoms with Gasteiger partial charge in [0.15, 0.2) is 9.84 Å². The molecule has 0 spiro atoms. The van der Waals surface area contributed by atoms with E-state index in [-0.39, 0.29) is 21.9 Å². The van der Waals surface area contributed by atoms with Gasteiger partial charge in [-0.25, -0.2) is 18.2 Å². The summed E-state index contributed by atoms with van der Waals surface area (Å²) in [6, 6.07) is 11.8. The fraction of sp³-hybridized carbons (Fsp3) is 0.417. The number of aromatic nitrogens is 2. The molecule has 0 unspecified atom stereocenters. The van der Waals surface area contributed by atoms with Gasteiger partial charge in [-0.15, -0.1) is 0 Å². The topological polar surface area (TPSA) is 101 Å². The summed E-state index contributed by atoms with van der Waals surface area (Å²) < 4.78 is 25.7. The van der Waals surface area contributed by atoms with Crippen molar-refractivity contribution >= 4 is 38.5 Å². The summed E-state index contributed by atoms with van der Waals surface area (Å²) in [4.78, 5) is 16.5. The number of nitrogens with zero attached hydrogens (tertiary/aromatic N) is 2. The number of imidazole rings is 1. The second-order valence-electron chi connectivity index (χ2n) is 9.80. The van der Waals surface area contributed by atoms with Gasteiger partial charge in [-0.05, 0) is 73.1 Å². The first-order valence-electron chi connectivity index (χ1n) is 10.8. The van der Waals surface area contributed by atoms with Gasteiger partial charge < -0.3 is 15.0 Å². The van der Waals surface area contributed by atoms with Gasteiger partial charge in [0.2, 0.25) is 5.95 Å². The molecule has 2 aromatic carbocycles. The Morgan fingerprint density at radius 2 is 1.84 bits per heavy atom. The Balaban J connectivity index is 1.79. The van der Waals surface area contributed by atoms with E-state index < -0.39 is 15.8 Å². The van der Waals surface area contributed by atoms with Crippen molar-refractivity contribution in [1.29, 1.82) is 0 Å². The lowest BCUT2D eigenvalue weighted by Crippen LogP contribution is -2.29. The van der Waals surface area contributed by atoms with Crippen molar-refractivity contribution in [3.63, 3.8) is 0 Å². The average Bonchev–Trinajstić information content (AvgIpc) is 3.03. The molecule has 170 valence electrons. The first-order chi connectivity index (χ1) is 14.9. The number of hydrogen-bond donors (Lipinski definition) is 2. The Morgan fingerprint density at radius 3 is 2.44 bits per heavy atom. The van der Waals surface area contributed by atoms with Crippen LogP contribution in [0, 0.1) is 11.3 Å². The number of aromatic carboxylic acids is 1. The largest absolute Gasteiger partial charge is 0.478 e. The molecule has 2 N–H and O–H groups in total. The molecule has 0 bridgehead atoms. The van der Waals surface area contributed by atoms with Gasteiger partial charge >= 0.3 is 5.97 Å². The SMILES string of the molecule is C[C@@H]1C[C@H](n2c(Nc3ccc(S(C)(=O)=O)cc3)nc3cc(C(=O)O)ccc32)CC(C)(C)C1. The van der Waals surface area contributed by atoms with E-state index in [1.807, 2.05) is 6.07 Å². The molecule has 0 amide bonds. The minimum Gasteiger partial charge on any atom is -0.478 e. The molecule has 2 atom stereocenters. The minimum absolute atomic E-state index is 0.189. The van der Waals surface area contributed by atoms with E-state index in [2.05, 4.69) is 30.7 Å². The van der Waals surface area contributed by atoms with Gasteiger partial charge in [-0.1, -0.05) is 20.8 Å². The van der Waals surface area contributed by atoms with Crippen LogP contribution in [0.5, 0.6) is 0 Å². The Morgan fingerprint density at radius 1 is 1.16 bits per heavy atom. The smallest absolute Gasteiger partial charge is 0.335 e. The number of sulfone groups is 1. The molecule has 1 saturated carbocycles. The lowest BCUT2D eigenvalue weighted by molar-refractivity contribution is 0.0697. The van der Waals surface area contributed by atoms with Crippen LogP contribution in [-0.4, -0.2) is 35.3 Å². The molecule has 1 aromatic heterocycles. The van der Waals surface area contributed by atoms with Crippen molar-refractivity contribution in [3.05, 3.63) is 48.0 Å². The van der Waals surface area contributed by atoms with Gasteiger partial charge in [0.05, 0.1) is 21.5 Å². The summed E-state index contributed by atoms with van der Waals surface area (Å²) in [5.41, 5.74) is 2.62. The molecule has 0 aliphatic heterocycles. The molecule has 7 nitrogen and oxygen atoms in total. The van der Waals surface area contributed by atoms with Crippen LogP contribution in [-0.2, 0) is 9.84 Å². The number of carbonyl (C=O) groups is 1. The van der Waals surface area contributed by atoms with Crippen LogP contribution in [0.4, 0.5) is 11.6 Å². The first kappa shape index (κ1) is 22.3. The Labute approximate surface area is 188 Å². The third-order valence-corrected chi connectivity index (χ3v) is 7.33. The summed E-state index contributed by atoms with van der Waals surface area (Å²) in [6.45, 7) is 6.84. The van der Waals surface area contributed by atoms with Gasteiger partial charge in [0.1, 0.15) is 0 Å². The number of rotatable bonds is 5. The van der Waals surface area contributed by atoms with Crippen LogP contribution in [0.1, 0.15) is 56.4 Å². The number of benzene rings is 2. The van der Waals surface area contributed by atoms with Crippen molar-refractivity contribution in [1.82, 2.24) is 9.55 Å². The molecule has 0 saturated heterocycles. The highest BCUT2D eigenvalue weighted by atomic mass is 32.2. The minimum atomic E-state index is -3.27. The Bertz CT molecular complexity index is 1280. The molecule has 32 heavy (non-hydrogen) atoms. The zero-order valence-electron chi connectivity index (χ0n) is 18.8. The Hall–Kier alpha value is -2.87. The molecule has 1 aliphatic rings. The number of fused-ring (bicyclic) bond motifs is 1. The molecule has 8 heteroatoms. The lowest BCUT2D eigenvalue weighted by Gasteiger charge is -2.40. The standard InChI is InChI=1S/C24H29N3O4S/c1-15-11-18(14-24(2,3)13-15)27-21-10-5-16(22(28)29)12-20(21)26-23(27)25-17-6-8-19(9-7-17)32(4,30)31/h5-10,12,15,18H,11,13-14H2,1-4H3,(H,25,26)(H,28,29)/t15-,18+/m1/s1. The quantitative estimate of drug-likeness (QED) is 0.543. The zero-order valence-corrected chi connectivity index (χ0v) is 19.6. The van der Waals surface area contributed by atoms with Crippen molar-refractivity contribution in [2.75, 3.05) is 11.6 Å². The summed E-state index contributed by atoms with van der Waals surface area (Å²) in [5.74, 6) is 0.200. The third kappa shape index (κ3) is 4.50. The number of anilines is 2. The molecule has 0 radical (unpaired) electrons. The van der Waals surface area contributed by atoms with E-state index >= 15 is 0 Å². The van der Waals surface area contributed by atoms with E-state index in [0.717, 1.165) is 30.5 Å². The van der Waals surface area contributed by atoms with Gasteiger partial charge in [-0.2, -0.15) is 0 Å². The lowest BCUT2D eigenvalue weighted by atomic mass is 9.70. The van der Waals surface area contributed by atoms with E-state index in [1.165, 1.54) is 6.26 Å². The maximum Gasteiger partial charge on any atom is 0.335 e. The van der Waals surface area contributed by atoms with E-state index in [0.29, 0.717) is 17.4 Å². The molecular formula is C24H29N3O4S. The maximum absolute atomic E-state index is 11.8. The number of carboxylic acids is 1. The molecule has 3 aromatic rings. The van der Waals surface area contributed by atoms with Crippen LogP contribution < -0.4 is 5.32 Å². The molecular weight excluding hydrogens is 426 g/mol. The van der Waals surface area contributed by atoms with E-state index in [9.17, 15) is 18.3 Å². The summed E-state index contributed by atoms with van der Waals surface area (Å²) in [6.07, 6.45) is 4.35. The van der Waals surface area contributed by atoms with Gasteiger partial charge in [-0.3, -0.25) is 0 Å². The number of carboxylic acid groups (broad SMARTS) is 1. The predicted molar refractivity (Wildman–Crippen MR) is 125 cm³/mol. The number of nitrogens with one attached hydrogen (secondary N) is 1. The van der Waals surface area contributed by atoms with Crippen LogP contribution in [0.3, 0.4) is 0 Å². The highest BCUT2D eigenvalue weighted by Gasteiger charge is 2.34. The molecule has 1 fully saturated rings. The fourth-order valence-electron chi connectivity index (χ4n) is 5.10. The summed E-state index contributed by atoms with van der Waals surface area (Å²) >= 11 is 0. The highest BCUT2D eigenvalue weighted by Crippen LogP contribution is 2.46. The van der Waals surface area contributed by atoms with Gasteiger partial charge in [0.25, 0.3) is 0 Å². The molecule has 1 aliphatic carbocycles.